The molecule has 0 radical (unpaired) electrons. The Balaban J connectivity index is 2.88. The van der Waals surface area contributed by atoms with E-state index >= 15 is 0 Å². The van der Waals surface area contributed by atoms with Crippen LogP contribution in [-0.4, -0.2) is 30.7 Å². The van der Waals surface area contributed by atoms with Crippen LogP contribution in [0.2, 0.25) is 0 Å². The quantitative estimate of drug-likeness (QED) is 0.256. The first-order valence-corrected chi connectivity index (χ1v) is 7.56. The molecule has 0 unspecified atom stereocenters. The molecule has 1 aromatic rings. The van der Waals surface area contributed by atoms with E-state index in [0.29, 0.717) is 6.54 Å². The number of aliphatic imine (C=N–C) groups is 1. The van der Waals surface area contributed by atoms with Gasteiger partial charge in [-0.2, -0.15) is 0 Å². The van der Waals surface area contributed by atoms with Gasteiger partial charge in [0.1, 0.15) is 23.0 Å². The molecule has 0 aliphatic heterocycles. The average molecular weight is 353 g/mol. The lowest BCUT2D eigenvalue weighted by atomic mass is 10.1. The van der Waals surface area contributed by atoms with Crippen molar-refractivity contribution in [2.75, 3.05) is 13.2 Å². The molecule has 136 valence electrons. The molecule has 8 heteroatoms. The van der Waals surface area contributed by atoms with Gasteiger partial charge < -0.3 is 16.2 Å². The molecule has 0 bridgehead atoms. The van der Waals surface area contributed by atoms with Crippen LogP contribution < -0.4 is 11.5 Å². The minimum Gasteiger partial charge on any atom is -0.454 e. The van der Waals surface area contributed by atoms with Gasteiger partial charge >= 0.3 is 5.97 Å². The van der Waals surface area contributed by atoms with E-state index in [0.717, 1.165) is 18.2 Å². The van der Waals surface area contributed by atoms with Crippen LogP contribution in [0.5, 0.6) is 0 Å². The van der Waals surface area contributed by atoms with Gasteiger partial charge in [0.25, 0.3) is 0 Å². The second-order valence-corrected chi connectivity index (χ2v) is 5.77. The number of nitrogens with two attached hydrogens (primary N) is 2. The number of hydrogen-bond donors (Lipinski definition) is 2. The van der Waals surface area contributed by atoms with Crippen LogP contribution in [0.3, 0.4) is 0 Å². The molecule has 1 rings (SSSR count). The Morgan fingerprint density at radius 3 is 2.24 bits per heavy atom. The smallest absolute Gasteiger partial charge is 0.344 e. The fourth-order valence-electron chi connectivity index (χ4n) is 1.87. The van der Waals surface area contributed by atoms with E-state index in [4.69, 9.17) is 16.2 Å². The van der Waals surface area contributed by atoms with Crippen molar-refractivity contribution in [3.63, 3.8) is 0 Å². The third-order valence-electron chi connectivity index (χ3n) is 3.06. The molecule has 0 aromatic heterocycles. The largest absolute Gasteiger partial charge is 0.454 e. The number of carbonyl (C=O) groups excluding carboxylic acids is 2. The lowest BCUT2D eigenvalue weighted by molar-refractivity contribution is -0.137. The van der Waals surface area contributed by atoms with Crippen molar-refractivity contribution >= 4 is 17.6 Å². The first-order valence-electron chi connectivity index (χ1n) is 7.56. The predicted octanol–water partition coefficient (Wildman–Crippen LogP) is 1.94. The van der Waals surface area contributed by atoms with E-state index in [1.807, 2.05) is 13.8 Å². The molecule has 0 saturated heterocycles. The van der Waals surface area contributed by atoms with Gasteiger partial charge in [0, 0.05) is 12.2 Å². The maximum Gasteiger partial charge on any atom is 0.344 e. The zero-order valence-corrected chi connectivity index (χ0v) is 14.3. The molecule has 0 atom stereocenters. The summed E-state index contributed by atoms with van der Waals surface area (Å²) < 4.78 is 31.9. The van der Waals surface area contributed by atoms with Crippen molar-refractivity contribution < 1.29 is 23.1 Å². The number of rotatable bonds is 7. The van der Waals surface area contributed by atoms with E-state index in [-0.39, 0.29) is 23.0 Å². The highest BCUT2D eigenvalue weighted by atomic mass is 19.1. The Hall–Kier alpha value is -2.77. The minimum absolute atomic E-state index is 0.0551. The maximum atomic E-state index is 13.5. The number of amidine groups is 1. The number of halogens is 2. The predicted molar refractivity (Wildman–Crippen MR) is 89.9 cm³/mol. The van der Waals surface area contributed by atoms with Gasteiger partial charge in [-0.25, -0.2) is 13.6 Å². The van der Waals surface area contributed by atoms with E-state index in [2.05, 4.69) is 4.99 Å². The number of allylic oxidation sites excluding steroid dienone is 1. The summed E-state index contributed by atoms with van der Waals surface area (Å²) in [5.74, 6) is -4.00. The summed E-state index contributed by atoms with van der Waals surface area (Å²) in [7, 11) is 0. The summed E-state index contributed by atoms with van der Waals surface area (Å²) in [5.41, 5.74) is 10.5. The Kier molecular flexibility index (Phi) is 7.22. The van der Waals surface area contributed by atoms with E-state index in [1.165, 1.54) is 6.92 Å². The highest BCUT2D eigenvalue weighted by Gasteiger charge is 2.22. The van der Waals surface area contributed by atoms with Gasteiger partial charge in [0.05, 0.1) is 5.56 Å². The number of esters is 1. The molecule has 0 aliphatic rings. The zero-order chi connectivity index (χ0) is 19.1. The number of ether oxygens (including phenoxy) is 1. The molecule has 0 amide bonds. The average Bonchev–Trinajstić information content (AvgIpc) is 2.50. The number of Topliss-reactive ketones (excluding diaryl/α,β-unsaturated/α-hetero) is 1. The molecular weight excluding hydrogens is 332 g/mol. The van der Waals surface area contributed by atoms with Crippen molar-refractivity contribution in [2.45, 2.75) is 20.8 Å². The minimum atomic E-state index is -1.04. The highest BCUT2D eigenvalue weighted by molar-refractivity contribution is 6.19. The Morgan fingerprint density at radius 2 is 1.76 bits per heavy atom. The second-order valence-electron chi connectivity index (χ2n) is 5.77. The standard InChI is InChI=1S/C17H21F2N3O3/c1-9(2)7-22-16(21)14(10(3)20)17(24)25-8-13(23)15-11(18)5-4-6-12(15)19/h4-6,9H,7-8,20H2,1-3H3,(H2,21,22). The fraction of sp³-hybridized carbons (Fsp3) is 0.353. The molecule has 0 aliphatic carbocycles. The van der Waals surface area contributed by atoms with Crippen LogP contribution in [-0.2, 0) is 9.53 Å². The molecule has 1 aromatic carbocycles. The molecule has 6 nitrogen and oxygen atoms in total. The summed E-state index contributed by atoms with van der Waals surface area (Å²) in [6.45, 7) is 4.76. The maximum absolute atomic E-state index is 13.5. The van der Waals surface area contributed by atoms with Crippen molar-refractivity contribution in [3.05, 3.63) is 46.7 Å². The van der Waals surface area contributed by atoms with Crippen LogP contribution in [0.1, 0.15) is 31.1 Å². The summed E-state index contributed by atoms with van der Waals surface area (Å²) in [5, 5.41) is 0. The van der Waals surface area contributed by atoms with Crippen molar-refractivity contribution in [1.29, 1.82) is 0 Å². The summed E-state index contributed by atoms with van der Waals surface area (Å²) >= 11 is 0. The van der Waals surface area contributed by atoms with E-state index < -0.39 is 35.6 Å². The Bertz CT molecular complexity index is 704. The number of nitrogens with zero attached hydrogens (tertiary/aromatic N) is 1. The highest BCUT2D eigenvalue weighted by Crippen LogP contribution is 2.13. The van der Waals surface area contributed by atoms with E-state index in [9.17, 15) is 18.4 Å². The summed E-state index contributed by atoms with van der Waals surface area (Å²) in [4.78, 5) is 28.0. The SMILES string of the molecule is CC(N)=C(C(=O)OCC(=O)c1c(F)cccc1F)C(N)=NCC(C)C. The second kappa shape index (κ2) is 8.91. The zero-order valence-electron chi connectivity index (χ0n) is 14.3. The molecule has 0 fully saturated rings. The first kappa shape index (κ1) is 20.3. The summed E-state index contributed by atoms with van der Waals surface area (Å²) in [6, 6.07) is 2.99. The Morgan fingerprint density at radius 1 is 1.20 bits per heavy atom. The van der Waals surface area contributed by atoms with Gasteiger partial charge in [-0.3, -0.25) is 9.79 Å². The van der Waals surface area contributed by atoms with Gasteiger partial charge in [-0.05, 0) is 25.0 Å². The fourth-order valence-corrected chi connectivity index (χ4v) is 1.87. The van der Waals surface area contributed by atoms with Crippen LogP contribution in [0, 0.1) is 17.6 Å². The third-order valence-corrected chi connectivity index (χ3v) is 3.06. The monoisotopic (exact) mass is 353 g/mol. The topological polar surface area (TPSA) is 108 Å². The lowest BCUT2D eigenvalue weighted by Crippen LogP contribution is -2.28. The molecular formula is C17H21F2N3O3. The van der Waals surface area contributed by atoms with Crippen molar-refractivity contribution in [2.24, 2.45) is 22.4 Å². The molecule has 0 saturated carbocycles. The van der Waals surface area contributed by atoms with Crippen molar-refractivity contribution in [1.82, 2.24) is 0 Å². The number of carbonyl (C=O) groups is 2. The molecule has 25 heavy (non-hydrogen) atoms. The van der Waals surface area contributed by atoms with E-state index in [1.54, 1.807) is 0 Å². The number of benzene rings is 1. The van der Waals surface area contributed by atoms with Crippen LogP contribution >= 0.6 is 0 Å². The van der Waals surface area contributed by atoms with Crippen LogP contribution in [0.25, 0.3) is 0 Å². The van der Waals surface area contributed by atoms with Gasteiger partial charge in [0.15, 0.2) is 6.61 Å². The van der Waals surface area contributed by atoms with Crippen molar-refractivity contribution in [3.8, 4) is 0 Å². The van der Waals surface area contributed by atoms with Gasteiger partial charge in [0.2, 0.25) is 5.78 Å². The molecule has 4 N–H and O–H groups in total. The van der Waals surface area contributed by atoms with Crippen LogP contribution in [0.4, 0.5) is 8.78 Å². The number of ketones is 1. The molecule has 0 spiro atoms. The number of hydrogen-bond acceptors (Lipinski definition) is 5. The first-order chi connectivity index (χ1) is 11.6. The lowest BCUT2D eigenvalue weighted by Gasteiger charge is -2.10. The van der Waals surface area contributed by atoms with Gasteiger partial charge in [-0.1, -0.05) is 19.9 Å². The third kappa shape index (κ3) is 5.66. The van der Waals surface area contributed by atoms with Crippen LogP contribution in [0.15, 0.2) is 34.5 Å². The Labute approximate surface area is 144 Å². The van der Waals surface area contributed by atoms with Gasteiger partial charge in [-0.15, -0.1) is 0 Å². The summed E-state index contributed by atoms with van der Waals surface area (Å²) in [6.07, 6.45) is 0. The normalized spacial score (nSPS) is 12.8. The molecule has 0 heterocycles.